The zero-order valence-corrected chi connectivity index (χ0v) is 12.6. The molecule has 2 rings (SSSR count). The highest BCUT2D eigenvalue weighted by Crippen LogP contribution is 2.31. The fraction of sp³-hybridized carbons (Fsp3) is 0.333. The summed E-state index contributed by atoms with van der Waals surface area (Å²) in [5.74, 6) is -0.280. The molecular weight excluding hydrogens is 265 g/mol. The van der Waals surface area contributed by atoms with E-state index in [2.05, 4.69) is 4.90 Å². The highest BCUT2D eigenvalue weighted by atomic mass is 19.1. The van der Waals surface area contributed by atoms with Crippen LogP contribution in [0.4, 0.5) is 4.39 Å². The van der Waals surface area contributed by atoms with Crippen LogP contribution < -0.4 is 0 Å². The molecule has 1 N–H and O–H groups in total. The van der Waals surface area contributed by atoms with Crippen molar-refractivity contribution >= 4 is 0 Å². The molecule has 2 aromatic rings. The summed E-state index contributed by atoms with van der Waals surface area (Å²) in [6.07, 6.45) is 1.00. The SMILES string of the molecule is CN(C)CCCC(O)c1ccc(F)cc1-c1ccccc1. The van der Waals surface area contributed by atoms with Gasteiger partial charge in [-0.3, -0.25) is 0 Å². The number of hydrogen-bond donors (Lipinski definition) is 1. The van der Waals surface area contributed by atoms with Crippen molar-refractivity contribution < 1.29 is 9.50 Å². The standard InChI is InChI=1S/C18H22FNO/c1-20(2)12-6-9-18(21)16-11-10-15(19)13-17(16)14-7-4-3-5-8-14/h3-5,7-8,10-11,13,18,21H,6,9,12H2,1-2H3. The first-order valence-electron chi connectivity index (χ1n) is 7.25. The van der Waals surface area contributed by atoms with Crippen molar-refractivity contribution in [2.75, 3.05) is 20.6 Å². The van der Waals surface area contributed by atoms with Crippen LogP contribution in [0.1, 0.15) is 24.5 Å². The van der Waals surface area contributed by atoms with E-state index >= 15 is 0 Å². The van der Waals surface area contributed by atoms with E-state index in [4.69, 9.17) is 0 Å². The van der Waals surface area contributed by atoms with Crippen LogP contribution in [0.3, 0.4) is 0 Å². The first-order valence-corrected chi connectivity index (χ1v) is 7.25. The molecule has 0 amide bonds. The minimum Gasteiger partial charge on any atom is -0.388 e. The summed E-state index contributed by atoms with van der Waals surface area (Å²) in [5, 5.41) is 10.4. The summed E-state index contributed by atoms with van der Waals surface area (Å²) < 4.78 is 13.6. The summed E-state index contributed by atoms with van der Waals surface area (Å²) in [4.78, 5) is 2.09. The Balaban J connectivity index is 2.23. The van der Waals surface area contributed by atoms with Crippen LogP contribution in [-0.4, -0.2) is 30.6 Å². The van der Waals surface area contributed by atoms with Crippen LogP contribution in [-0.2, 0) is 0 Å². The van der Waals surface area contributed by atoms with Crippen LogP contribution in [0.15, 0.2) is 48.5 Å². The third kappa shape index (κ3) is 4.38. The van der Waals surface area contributed by atoms with Gasteiger partial charge in [0.05, 0.1) is 6.10 Å². The van der Waals surface area contributed by atoms with Gasteiger partial charge >= 0.3 is 0 Å². The van der Waals surface area contributed by atoms with Crippen molar-refractivity contribution in [3.63, 3.8) is 0 Å². The molecule has 1 unspecified atom stereocenters. The highest BCUT2D eigenvalue weighted by Gasteiger charge is 2.14. The van der Waals surface area contributed by atoms with Gasteiger partial charge in [-0.2, -0.15) is 0 Å². The quantitative estimate of drug-likeness (QED) is 0.872. The molecule has 0 saturated carbocycles. The van der Waals surface area contributed by atoms with E-state index in [9.17, 15) is 9.50 Å². The van der Waals surface area contributed by atoms with Crippen LogP contribution in [0, 0.1) is 5.82 Å². The summed E-state index contributed by atoms with van der Waals surface area (Å²) >= 11 is 0. The van der Waals surface area contributed by atoms with Gasteiger partial charge in [0, 0.05) is 0 Å². The largest absolute Gasteiger partial charge is 0.388 e. The lowest BCUT2D eigenvalue weighted by molar-refractivity contribution is 0.161. The van der Waals surface area contributed by atoms with Gasteiger partial charge in [-0.1, -0.05) is 36.4 Å². The highest BCUT2D eigenvalue weighted by molar-refractivity contribution is 5.67. The van der Waals surface area contributed by atoms with Gasteiger partial charge < -0.3 is 10.0 Å². The molecule has 0 spiro atoms. The van der Waals surface area contributed by atoms with E-state index in [0.29, 0.717) is 6.42 Å². The first-order chi connectivity index (χ1) is 10.1. The fourth-order valence-corrected chi connectivity index (χ4v) is 2.44. The number of hydrogen-bond acceptors (Lipinski definition) is 2. The van der Waals surface area contributed by atoms with Gasteiger partial charge in [-0.25, -0.2) is 4.39 Å². The number of benzene rings is 2. The summed E-state index contributed by atoms with van der Waals surface area (Å²) in [5.41, 5.74) is 2.49. The average Bonchev–Trinajstić information content (AvgIpc) is 2.47. The topological polar surface area (TPSA) is 23.5 Å². The maximum Gasteiger partial charge on any atom is 0.123 e. The molecule has 0 heterocycles. The molecule has 0 aromatic heterocycles. The normalized spacial score (nSPS) is 12.6. The van der Waals surface area contributed by atoms with Gasteiger partial charge in [0.15, 0.2) is 0 Å². The Hall–Kier alpha value is -1.71. The van der Waals surface area contributed by atoms with Gasteiger partial charge in [0.2, 0.25) is 0 Å². The van der Waals surface area contributed by atoms with Crippen LogP contribution in [0.25, 0.3) is 11.1 Å². The van der Waals surface area contributed by atoms with Crippen molar-refractivity contribution in [1.82, 2.24) is 4.90 Å². The molecule has 0 bridgehead atoms. The minimum absolute atomic E-state index is 0.280. The zero-order chi connectivity index (χ0) is 15.2. The van der Waals surface area contributed by atoms with Gasteiger partial charge in [0.25, 0.3) is 0 Å². The molecule has 0 aliphatic heterocycles. The van der Waals surface area contributed by atoms with E-state index in [0.717, 1.165) is 29.7 Å². The van der Waals surface area contributed by atoms with Crippen LogP contribution in [0.5, 0.6) is 0 Å². The summed E-state index contributed by atoms with van der Waals surface area (Å²) in [7, 11) is 4.03. The molecule has 2 aromatic carbocycles. The molecule has 0 aliphatic carbocycles. The molecule has 3 heteroatoms. The number of aliphatic hydroxyl groups excluding tert-OH is 1. The second-order valence-electron chi connectivity index (χ2n) is 5.56. The molecule has 0 saturated heterocycles. The van der Waals surface area contributed by atoms with Gasteiger partial charge in [0.1, 0.15) is 5.82 Å². The third-order valence-corrected chi connectivity index (χ3v) is 3.54. The zero-order valence-electron chi connectivity index (χ0n) is 12.6. The van der Waals surface area contributed by atoms with Crippen molar-refractivity contribution in [2.24, 2.45) is 0 Å². The number of rotatable bonds is 6. The lowest BCUT2D eigenvalue weighted by Gasteiger charge is -2.17. The Morgan fingerprint density at radius 3 is 2.48 bits per heavy atom. The van der Waals surface area contributed by atoms with Crippen LogP contribution in [0.2, 0.25) is 0 Å². The van der Waals surface area contributed by atoms with Crippen molar-refractivity contribution in [3.05, 3.63) is 59.9 Å². The van der Waals surface area contributed by atoms with E-state index in [1.165, 1.54) is 12.1 Å². The molecule has 112 valence electrons. The maximum absolute atomic E-state index is 13.6. The Morgan fingerprint density at radius 2 is 1.81 bits per heavy atom. The summed E-state index contributed by atoms with van der Waals surface area (Å²) in [6.45, 7) is 0.929. The molecule has 0 aliphatic rings. The van der Waals surface area contributed by atoms with Gasteiger partial charge in [-0.05, 0) is 62.3 Å². The predicted octanol–water partition coefficient (Wildman–Crippen LogP) is 3.87. The number of halogens is 1. The molecule has 2 nitrogen and oxygen atoms in total. The first kappa shape index (κ1) is 15.7. The minimum atomic E-state index is -0.569. The van der Waals surface area contributed by atoms with Crippen LogP contribution >= 0.6 is 0 Å². The Kier molecular flexibility index (Phi) is 5.48. The Labute approximate surface area is 125 Å². The Morgan fingerprint density at radius 1 is 1.10 bits per heavy atom. The lowest BCUT2D eigenvalue weighted by Crippen LogP contribution is -2.14. The van der Waals surface area contributed by atoms with Crippen molar-refractivity contribution in [3.8, 4) is 11.1 Å². The lowest BCUT2D eigenvalue weighted by atomic mass is 9.94. The molecular formula is C18H22FNO. The molecule has 0 fully saturated rings. The Bertz CT molecular complexity index is 569. The van der Waals surface area contributed by atoms with Gasteiger partial charge in [-0.15, -0.1) is 0 Å². The molecule has 0 radical (unpaired) electrons. The molecule has 21 heavy (non-hydrogen) atoms. The van der Waals surface area contributed by atoms with Crippen molar-refractivity contribution in [1.29, 1.82) is 0 Å². The monoisotopic (exact) mass is 287 g/mol. The van der Waals surface area contributed by atoms with Crippen molar-refractivity contribution in [2.45, 2.75) is 18.9 Å². The van der Waals surface area contributed by atoms with E-state index in [1.807, 2.05) is 44.4 Å². The summed E-state index contributed by atoms with van der Waals surface area (Å²) in [6, 6.07) is 14.2. The fourth-order valence-electron chi connectivity index (χ4n) is 2.44. The second kappa shape index (κ2) is 7.34. The predicted molar refractivity (Wildman–Crippen MR) is 84.6 cm³/mol. The molecule has 1 atom stereocenters. The second-order valence-corrected chi connectivity index (χ2v) is 5.56. The number of nitrogens with zero attached hydrogens (tertiary/aromatic N) is 1. The third-order valence-electron chi connectivity index (χ3n) is 3.54. The number of aliphatic hydroxyl groups is 1. The van der Waals surface area contributed by atoms with E-state index in [1.54, 1.807) is 6.07 Å². The average molecular weight is 287 g/mol. The van der Waals surface area contributed by atoms with E-state index < -0.39 is 6.10 Å². The smallest absolute Gasteiger partial charge is 0.123 e. The van der Waals surface area contributed by atoms with E-state index in [-0.39, 0.29) is 5.82 Å². The maximum atomic E-state index is 13.6.